The van der Waals surface area contributed by atoms with Crippen LogP contribution >= 0.6 is 0 Å². The summed E-state index contributed by atoms with van der Waals surface area (Å²) in [6.45, 7) is 0.254. The maximum absolute atomic E-state index is 11.6. The van der Waals surface area contributed by atoms with Crippen LogP contribution in [0.5, 0.6) is 0 Å². The third kappa shape index (κ3) is 3.68. The van der Waals surface area contributed by atoms with E-state index in [1.165, 1.54) is 0 Å². The van der Waals surface area contributed by atoms with Gasteiger partial charge in [-0.25, -0.2) is 0 Å². The summed E-state index contributed by atoms with van der Waals surface area (Å²) in [6.07, 6.45) is -4.03. The zero-order valence-corrected chi connectivity index (χ0v) is 5.49. The van der Waals surface area contributed by atoms with Crippen molar-refractivity contribution >= 4 is 0 Å². The lowest BCUT2D eigenvalue weighted by Crippen LogP contribution is -2.37. The largest absolute Gasteiger partial charge is 0.403 e. The highest BCUT2D eigenvalue weighted by molar-refractivity contribution is 4.69. The van der Waals surface area contributed by atoms with Gasteiger partial charge in [-0.2, -0.15) is 13.2 Å². The highest BCUT2D eigenvalue weighted by Gasteiger charge is 2.35. The van der Waals surface area contributed by atoms with Crippen molar-refractivity contribution in [3.05, 3.63) is 0 Å². The Balaban J connectivity index is 3.52. The van der Waals surface area contributed by atoms with Crippen molar-refractivity contribution in [2.24, 2.45) is 11.5 Å². The molecule has 1 unspecified atom stereocenters. The van der Waals surface area contributed by atoms with Gasteiger partial charge in [0.05, 0.1) is 0 Å². The van der Waals surface area contributed by atoms with E-state index in [0.717, 1.165) is 0 Å². The van der Waals surface area contributed by atoms with E-state index in [1.807, 2.05) is 0 Å². The maximum atomic E-state index is 11.6. The fraction of sp³-hybridized carbons (Fsp3) is 1.00. The van der Waals surface area contributed by atoms with Crippen molar-refractivity contribution in [1.82, 2.24) is 0 Å². The van der Waals surface area contributed by atoms with Crippen LogP contribution in [0.4, 0.5) is 13.2 Å². The minimum absolute atomic E-state index is 0.0833. The van der Waals surface area contributed by atoms with E-state index in [2.05, 4.69) is 0 Å². The van der Waals surface area contributed by atoms with E-state index in [9.17, 15) is 13.2 Å². The second-order valence-corrected chi connectivity index (χ2v) is 2.08. The second-order valence-electron chi connectivity index (χ2n) is 2.08. The molecule has 0 aliphatic carbocycles. The van der Waals surface area contributed by atoms with E-state index in [4.69, 9.17) is 11.5 Å². The number of nitrogens with two attached hydrogens (primary N) is 2. The molecular weight excluding hydrogens is 145 g/mol. The quantitative estimate of drug-likeness (QED) is 0.629. The van der Waals surface area contributed by atoms with Crippen molar-refractivity contribution < 1.29 is 13.2 Å². The molecule has 4 N–H and O–H groups in total. The van der Waals surface area contributed by atoms with Crippen LogP contribution in [0.25, 0.3) is 0 Å². The predicted molar refractivity (Wildman–Crippen MR) is 32.3 cm³/mol. The minimum Gasteiger partial charge on any atom is -0.330 e. The standard InChI is InChI=1S/C5H11F3N2/c6-5(7,8)4(10)2-1-3-9/h4H,1-3,9-10H2. The third-order valence-electron chi connectivity index (χ3n) is 1.14. The molecule has 1 atom stereocenters. The molecule has 0 heterocycles. The summed E-state index contributed by atoms with van der Waals surface area (Å²) in [7, 11) is 0. The average molecular weight is 156 g/mol. The van der Waals surface area contributed by atoms with E-state index in [0.29, 0.717) is 6.42 Å². The van der Waals surface area contributed by atoms with Gasteiger partial charge in [0.2, 0.25) is 0 Å². The molecule has 0 aromatic heterocycles. The van der Waals surface area contributed by atoms with Crippen LogP contribution in [-0.4, -0.2) is 18.8 Å². The van der Waals surface area contributed by atoms with Gasteiger partial charge in [0, 0.05) is 0 Å². The van der Waals surface area contributed by atoms with Gasteiger partial charge in [0.1, 0.15) is 6.04 Å². The summed E-state index contributed by atoms with van der Waals surface area (Å²) in [5.41, 5.74) is 9.75. The van der Waals surface area contributed by atoms with Crippen LogP contribution in [0.2, 0.25) is 0 Å². The Morgan fingerprint density at radius 2 is 1.80 bits per heavy atom. The first-order valence-corrected chi connectivity index (χ1v) is 3.01. The molecule has 10 heavy (non-hydrogen) atoms. The topological polar surface area (TPSA) is 52.0 Å². The molecule has 0 aromatic carbocycles. The fourth-order valence-electron chi connectivity index (χ4n) is 0.501. The molecular formula is C5H11F3N2. The summed E-state index contributed by atoms with van der Waals surface area (Å²) >= 11 is 0. The van der Waals surface area contributed by atoms with Gasteiger partial charge >= 0.3 is 6.18 Å². The zero-order chi connectivity index (χ0) is 8.20. The minimum atomic E-state index is -4.27. The van der Waals surface area contributed by atoms with Crippen LogP contribution in [0.15, 0.2) is 0 Å². The van der Waals surface area contributed by atoms with Crippen LogP contribution in [0, 0.1) is 0 Å². The van der Waals surface area contributed by atoms with E-state index in [1.54, 1.807) is 0 Å². The summed E-state index contributed by atoms with van der Waals surface area (Å²) in [6, 6.07) is -1.71. The molecule has 0 saturated heterocycles. The Bertz CT molecular complexity index is 91.4. The first kappa shape index (κ1) is 9.71. The lowest BCUT2D eigenvalue weighted by atomic mass is 10.1. The average Bonchev–Trinajstić information content (AvgIpc) is 1.80. The first-order valence-electron chi connectivity index (χ1n) is 3.01. The van der Waals surface area contributed by atoms with Gasteiger partial charge in [-0.1, -0.05) is 0 Å². The maximum Gasteiger partial charge on any atom is 0.403 e. The van der Waals surface area contributed by atoms with Crippen LogP contribution in [0.3, 0.4) is 0 Å². The second kappa shape index (κ2) is 3.78. The Morgan fingerprint density at radius 1 is 1.30 bits per heavy atom. The predicted octanol–water partition coefficient (Wildman–Crippen LogP) is 0.615. The lowest BCUT2D eigenvalue weighted by molar-refractivity contribution is -0.148. The molecule has 0 saturated carbocycles. The SMILES string of the molecule is NCCCC(N)C(F)(F)F. The highest BCUT2D eigenvalue weighted by Crippen LogP contribution is 2.20. The fourth-order valence-corrected chi connectivity index (χ4v) is 0.501. The van der Waals surface area contributed by atoms with Crippen molar-refractivity contribution in [2.75, 3.05) is 6.54 Å². The Hall–Kier alpha value is -0.290. The van der Waals surface area contributed by atoms with Crippen LogP contribution < -0.4 is 11.5 Å². The van der Waals surface area contributed by atoms with Gasteiger partial charge in [0.15, 0.2) is 0 Å². The highest BCUT2D eigenvalue weighted by atomic mass is 19.4. The van der Waals surface area contributed by atoms with E-state index < -0.39 is 12.2 Å². The molecule has 0 amide bonds. The normalized spacial score (nSPS) is 15.3. The lowest BCUT2D eigenvalue weighted by Gasteiger charge is -2.14. The van der Waals surface area contributed by atoms with Crippen LogP contribution in [-0.2, 0) is 0 Å². The number of alkyl halides is 3. The molecule has 0 fully saturated rings. The number of hydrogen-bond acceptors (Lipinski definition) is 2. The van der Waals surface area contributed by atoms with Crippen LogP contribution in [0.1, 0.15) is 12.8 Å². The van der Waals surface area contributed by atoms with E-state index >= 15 is 0 Å². The molecule has 0 rings (SSSR count). The van der Waals surface area contributed by atoms with Gasteiger partial charge < -0.3 is 11.5 Å². The smallest absolute Gasteiger partial charge is 0.330 e. The molecule has 0 radical (unpaired) electrons. The molecule has 0 aliphatic rings. The zero-order valence-electron chi connectivity index (χ0n) is 5.49. The first-order chi connectivity index (χ1) is 4.48. The molecule has 0 aliphatic heterocycles. The number of rotatable bonds is 3. The van der Waals surface area contributed by atoms with Crippen molar-refractivity contribution in [2.45, 2.75) is 25.1 Å². The summed E-state index contributed by atoms with van der Waals surface area (Å²) in [5.74, 6) is 0. The Kier molecular flexibility index (Phi) is 3.67. The molecule has 0 bridgehead atoms. The van der Waals surface area contributed by atoms with E-state index in [-0.39, 0.29) is 13.0 Å². The number of hydrogen-bond donors (Lipinski definition) is 2. The molecule has 2 nitrogen and oxygen atoms in total. The third-order valence-corrected chi connectivity index (χ3v) is 1.14. The summed E-state index contributed by atoms with van der Waals surface area (Å²) < 4.78 is 34.8. The van der Waals surface area contributed by atoms with Gasteiger partial charge in [-0.3, -0.25) is 0 Å². The molecule has 0 aromatic rings. The molecule has 5 heteroatoms. The Labute approximate surface area is 57.4 Å². The van der Waals surface area contributed by atoms with Gasteiger partial charge in [-0.05, 0) is 19.4 Å². The molecule has 0 spiro atoms. The van der Waals surface area contributed by atoms with Crippen molar-refractivity contribution in [3.8, 4) is 0 Å². The molecule has 62 valence electrons. The van der Waals surface area contributed by atoms with Crippen molar-refractivity contribution in [3.63, 3.8) is 0 Å². The summed E-state index contributed by atoms with van der Waals surface area (Å²) in [4.78, 5) is 0. The van der Waals surface area contributed by atoms with Gasteiger partial charge in [0.25, 0.3) is 0 Å². The summed E-state index contributed by atoms with van der Waals surface area (Å²) in [5, 5.41) is 0. The monoisotopic (exact) mass is 156 g/mol. The van der Waals surface area contributed by atoms with Gasteiger partial charge in [-0.15, -0.1) is 0 Å². The number of halogens is 3. The van der Waals surface area contributed by atoms with Crippen molar-refractivity contribution in [1.29, 1.82) is 0 Å². The Morgan fingerprint density at radius 3 is 2.10 bits per heavy atom.